The van der Waals surface area contributed by atoms with Crippen molar-refractivity contribution in [3.8, 4) is 0 Å². The molecule has 0 aliphatic heterocycles. The zero-order valence-corrected chi connectivity index (χ0v) is 9.72. The smallest absolute Gasteiger partial charge is 0.312 e. The molecule has 83 valence electrons. The van der Waals surface area contributed by atoms with Gasteiger partial charge in [-0.05, 0) is 12.8 Å². The predicted octanol–water partition coefficient (Wildman–Crippen LogP) is 3.13. The number of hydrogen-bond donors (Lipinski definition) is 0. The molecule has 0 saturated carbocycles. The van der Waals surface area contributed by atoms with Crippen LogP contribution in [0.5, 0.6) is 0 Å². The van der Waals surface area contributed by atoms with Crippen molar-refractivity contribution >= 4 is 6.41 Å². The van der Waals surface area contributed by atoms with E-state index in [1.165, 1.54) is 32.1 Å². The van der Waals surface area contributed by atoms with E-state index >= 15 is 0 Å². The normalized spacial score (nSPS) is 10.1. The number of carbonyl (C=O) groups excluding carboxylic acids is 1. The van der Waals surface area contributed by atoms with E-state index < -0.39 is 0 Å². The van der Waals surface area contributed by atoms with Gasteiger partial charge >= 0.3 is 6.41 Å². The van der Waals surface area contributed by atoms with Gasteiger partial charge in [0.25, 0.3) is 0 Å². The first kappa shape index (κ1) is 13.5. The Bertz CT molecular complexity index is 125. The summed E-state index contributed by atoms with van der Waals surface area (Å²) in [4.78, 5) is 12.4. The van der Waals surface area contributed by atoms with Gasteiger partial charge in [0, 0.05) is 13.1 Å². The fourth-order valence-electron chi connectivity index (χ4n) is 1.49. The molecule has 0 rings (SSSR count). The van der Waals surface area contributed by atoms with Gasteiger partial charge in [0.15, 0.2) is 0 Å². The maximum atomic E-state index is 10.6. The van der Waals surface area contributed by atoms with Crippen molar-refractivity contribution in [3.63, 3.8) is 0 Å². The molecule has 0 N–H and O–H groups in total. The highest BCUT2D eigenvalue weighted by atomic mass is 16.1. The lowest BCUT2D eigenvalue weighted by Crippen LogP contribution is -2.24. The number of hydrogen-bond acceptors (Lipinski definition) is 1. The van der Waals surface area contributed by atoms with E-state index in [9.17, 15) is 4.79 Å². The van der Waals surface area contributed by atoms with Crippen molar-refractivity contribution in [1.29, 1.82) is 0 Å². The minimum absolute atomic E-state index is 0.892. The Morgan fingerprint density at radius 1 is 0.857 bits per heavy atom. The van der Waals surface area contributed by atoms with Crippen LogP contribution in [0.3, 0.4) is 0 Å². The third-order valence-electron chi connectivity index (χ3n) is 2.44. The molecule has 2 nitrogen and oxygen atoms in total. The Kier molecular flexibility index (Phi) is 10.2. The van der Waals surface area contributed by atoms with Gasteiger partial charge in [-0.2, -0.15) is 0 Å². The van der Waals surface area contributed by atoms with E-state index in [0.717, 1.165) is 25.9 Å². The highest BCUT2D eigenvalue weighted by Crippen LogP contribution is 2.02. The van der Waals surface area contributed by atoms with Crippen molar-refractivity contribution in [2.24, 2.45) is 0 Å². The number of amides is 1. The molecule has 0 aromatic rings. The summed E-state index contributed by atoms with van der Waals surface area (Å²) in [5, 5.41) is 0. The maximum Gasteiger partial charge on any atom is 0.312 e. The van der Waals surface area contributed by atoms with Crippen LogP contribution >= 0.6 is 0 Å². The second-order valence-corrected chi connectivity index (χ2v) is 3.85. The minimum atomic E-state index is 0.892. The second-order valence-electron chi connectivity index (χ2n) is 3.85. The van der Waals surface area contributed by atoms with Crippen molar-refractivity contribution in [1.82, 2.24) is 4.90 Å². The Labute approximate surface area is 88.7 Å². The third kappa shape index (κ3) is 8.09. The predicted molar refractivity (Wildman–Crippen MR) is 60.9 cm³/mol. The molecule has 0 aliphatic rings. The lowest BCUT2D eigenvalue weighted by molar-refractivity contribution is 0.359. The molecular formula is C12H24NO. The molecule has 0 aliphatic carbocycles. The molecule has 0 aromatic heterocycles. The summed E-state index contributed by atoms with van der Waals surface area (Å²) in [5.74, 6) is 0. The summed E-state index contributed by atoms with van der Waals surface area (Å²) in [6, 6.07) is 0. The van der Waals surface area contributed by atoms with Gasteiger partial charge in [-0.3, -0.25) is 4.79 Å². The highest BCUT2D eigenvalue weighted by Gasteiger charge is 2.01. The first-order valence-corrected chi connectivity index (χ1v) is 5.97. The number of nitrogens with zero attached hydrogens (tertiary/aromatic N) is 1. The van der Waals surface area contributed by atoms with E-state index in [1.54, 1.807) is 4.90 Å². The molecule has 0 atom stereocenters. The van der Waals surface area contributed by atoms with Gasteiger partial charge < -0.3 is 4.90 Å². The van der Waals surface area contributed by atoms with Crippen LogP contribution in [0, 0.1) is 0 Å². The SMILES string of the molecule is CCCCCCN([C]=O)CCCCC. The van der Waals surface area contributed by atoms with Gasteiger partial charge in [-0.1, -0.05) is 46.0 Å². The van der Waals surface area contributed by atoms with Crippen molar-refractivity contribution in [2.45, 2.75) is 58.8 Å². The summed E-state index contributed by atoms with van der Waals surface area (Å²) < 4.78 is 0. The van der Waals surface area contributed by atoms with Crippen LogP contribution in [0.4, 0.5) is 0 Å². The van der Waals surface area contributed by atoms with Crippen LogP contribution in [-0.2, 0) is 4.79 Å². The first-order chi connectivity index (χ1) is 6.85. The van der Waals surface area contributed by atoms with Crippen LogP contribution in [0.2, 0.25) is 0 Å². The van der Waals surface area contributed by atoms with Gasteiger partial charge in [0.2, 0.25) is 0 Å². The summed E-state index contributed by atoms with van der Waals surface area (Å²) in [6.45, 7) is 6.16. The molecule has 14 heavy (non-hydrogen) atoms. The summed E-state index contributed by atoms with van der Waals surface area (Å²) in [5.41, 5.74) is 0. The quantitative estimate of drug-likeness (QED) is 0.390. The Hall–Kier alpha value is -0.530. The summed E-state index contributed by atoms with van der Waals surface area (Å²) >= 11 is 0. The fraction of sp³-hybridized carbons (Fsp3) is 0.917. The molecule has 0 aromatic carbocycles. The van der Waals surface area contributed by atoms with E-state index in [4.69, 9.17) is 0 Å². The van der Waals surface area contributed by atoms with Crippen LogP contribution in [0.25, 0.3) is 0 Å². The highest BCUT2D eigenvalue weighted by molar-refractivity contribution is 5.47. The summed E-state index contributed by atoms with van der Waals surface area (Å²) in [6.07, 6.45) is 10.5. The molecule has 0 fully saturated rings. The fourth-order valence-corrected chi connectivity index (χ4v) is 1.49. The van der Waals surface area contributed by atoms with Gasteiger partial charge in [0.1, 0.15) is 0 Å². The van der Waals surface area contributed by atoms with E-state index in [-0.39, 0.29) is 0 Å². The molecular weight excluding hydrogens is 174 g/mol. The largest absolute Gasteiger partial charge is 0.334 e. The lowest BCUT2D eigenvalue weighted by atomic mass is 10.2. The number of unbranched alkanes of at least 4 members (excludes halogenated alkanes) is 5. The molecule has 1 radical (unpaired) electrons. The average Bonchev–Trinajstić information content (AvgIpc) is 2.22. The standard InChI is InChI=1S/C12H24NO/c1-3-5-7-9-11-13(12-14)10-8-6-4-2/h3-11H2,1-2H3. The first-order valence-electron chi connectivity index (χ1n) is 5.97. The minimum Gasteiger partial charge on any atom is -0.334 e. The van der Waals surface area contributed by atoms with Crippen molar-refractivity contribution in [3.05, 3.63) is 0 Å². The Morgan fingerprint density at radius 3 is 1.86 bits per heavy atom. The maximum absolute atomic E-state index is 10.6. The van der Waals surface area contributed by atoms with E-state index in [0.29, 0.717) is 0 Å². The van der Waals surface area contributed by atoms with E-state index in [1.807, 2.05) is 6.41 Å². The zero-order valence-electron chi connectivity index (χ0n) is 9.72. The van der Waals surface area contributed by atoms with Crippen LogP contribution in [0.15, 0.2) is 0 Å². The van der Waals surface area contributed by atoms with Crippen LogP contribution in [0.1, 0.15) is 58.8 Å². The van der Waals surface area contributed by atoms with Crippen molar-refractivity contribution in [2.75, 3.05) is 13.1 Å². The molecule has 0 saturated heterocycles. The van der Waals surface area contributed by atoms with Gasteiger partial charge in [-0.25, -0.2) is 0 Å². The van der Waals surface area contributed by atoms with Gasteiger partial charge in [0.05, 0.1) is 0 Å². The third-order valence-corrected chi connectivity index (χ3v) is 2.44. The van der Waals surface area contributed by atoms with Gasteiger partial charge in [-0.15, -0.1) is 0 Å². The monoisotopic (exact) mass is 198 g/mol. The van der Waals surface area contributed by atoms with Crippen molar-refractivity contribution < 1.29 is 4.79 Å². The molecule has 2 heteroatoms. The molecule has 1 amide bonds. The molecule has 0 bridgehead atoms. The second kappa shape index (κ2) is 10.6. The average molecular weight is 198 g/mol. The molecule has 0 spiro atoms. The molecule has 0 unspecified atom stereocenters. The van der Waals surface area contributed by atoms with E-state index in [2.05, 4.69) is 13.8 Å². The Morgan fingerprint density at radius 2 is 1.36 bits per heavy atom. The Balaban J connectivity index is 3.33. The topological polar surface area (TPSA) is 20.3 Å². The van der Waals surface area contributed by atoms with Crippen LogP contribution < -0.4 is 0 Å². The summed E-state index contributed by atoms with van der Waals surface area (Å²) in [7, 11) is 0. The van der Waals surface area contributed by atoms with Crippen LogP contribution in [-0.4, -0.2) is 24.4 Å². The number of rotatable bonds is 10. The lowest BCUT2D eigenvalue weighted by Gasteiger charge is -2.15. The molecule has 0 heterocycles. The zero-order chi connectivity index (χ0) is 10.6.